The van der Waals surface area contributed by atoms with E-state index in [1.165, 1.54) is 12.1 Å². The van der Waals surface area contributed by atoms with Crippen molar-refractivity contribution in [3.8, 4) is 5.75 Å². The van der Waals surface area contributed by atoms with E-state index in [0.29, 0.717) is 18.5 Å². The van der Waals surface area contributed by atoms with Crippen molar-refractivity contribution in [2.24, 2.45) is 5.92 Å². The van der Waals surface area contributed by atoms with E-state index >= 15 is 0 Å². The van der Waals surface area contributed by atoms with Crippen LogP contribution < -0.4 is 4.90 Å². The molecule has 1 aliphatic rings. The predicted octanol–water partition coefficient (Wildman–Crippen LogP) is 4.23. The summed E-state index contributed by atoms with van der Waals surface area (Å²) >= 11 is 0. The Labute approximate surface area is 168 Å². The van der Waals surface area contributed by atoms with E-state index in [4.69, 9.17) is 0 Å². The Morgan fingerprint density at radius 3 is 2.24 bits per heavy atom. The number of aliphatic hydroxyl groups excluding tert-OH is 1. The fourth-order valence-electron chi connectivity index (χ4n) is 3.94. The zero-order valence-electron chi connectivity index (χ0n) is 15.8. The summed E-state index contributed by atoms with van der Waals surface area (Å²) in [5, 5.41) is 20.4. The third-order valence-corrected chi connectivity index (χ3v) is 5.47. The minimum absolute atomic E-state index is 0.133. The maximum absolute atomic E-state index is 13.3. The summed E-state index contributed by atoms with van der Waals surface area (Å²) in [6, 6.07) is 21.8. The van der Waals surface area contributed by atoms with Gasteiger partial charge in [-0.3, -0.25) is 4.79 Å². The van der Waals surface area contributed by atoms with Crippen LogP contribution in [-0.2, 0) is 11.2 Å². The number of benzene rings is 3. The van der Waals surface area contributed by atoms with Gasteiger partial charge in [-0.2, -0.15) is 0 Å². The van der Waals surface area contributed by atoms with Crippen molar-refractivity contribution in [2.45, 2.75) is 25.0 Å². The molecule has 1 fully saturated rings. The molecule has 4 nitrogen and oxygen atoms in total. The molecule has 0 aromatic heterocycles. The van der Waals surface area contributed by atoms with Crippen LogP contribution in [0.3, 0.4) is 0 Å². The molecule has 148 valence electrons. The van der Waals surface area contributed by atoms with Crippen LogP contribution in [0.1, 0.15) is 23.6 Å². The summed E-state index contributed by atoms with van der Waals surface area (Å²) in [6.45, 7) is 0. The SMILES string of the molecule is O=C1C([C@H](O)CCc2ccccc2)[C@@H](c2ccc(O)cc2)N1c1ccc(F)cc1. The van der Waals surface area contributed by atoms with Crippen molar-refractivity contribution in [1.29, 1.82) is 0 Å². The number of aromatic hydroxyl groups is 1. The standard InChI is InChI=1S/C24H22FNO3/c25-18-9-11-19(12-10-18)26-23(17-7-13-20(27)14-8-17)22(24(26)29)21(28)15-6-16-4-2-1-3-5-16/h1-5,7-14,21-23,27-28H,6,15H2/t21-,22?,23-/m1/s1. The third-order valence-electron chi connectivity index (χ3n) is 5.47. The lowest BCUT2D eigenvalue weighted by atomic mass is 9.76. The molecule has 29 heavy (non-hydrogen) atoms. The summed E-state index contributed by atoms with van der Waals surface area (Å²) in [5.74, 6) is -1.01. The molecule has 1 heterocycles. The van der Waals surface area contributed by atoms with Gasteiger partial charge in [0.05, 0.1) is 18.1 Å². The highest BCUT2D eigenvalue weighted by atomic mass is 19.1. The molecule has 0 aliphatic carbocycles. The monoisotopic (exact) mass is 391 g/mol. The first-order valence-corrected chi connectivity index (χ1v) is 9.64. The van der Waals surface area contributed by atoms with Gasteiger partial charge in [0.1, 0.15) is 11.6 Å². The number of nitrogens with zero attached hydrogens (tertiary/aromatic N) is 1. The molecule has 1 amide bonds. The molecule has 4 rings (SSSR count). The van der Waals surface area contributed by atoms with E-state index in [9.17, 15) is 19.4 Å². The molecular weight excluding hydrogens is 369 g/mol. The maximum atomic E-state index is 13.3. The van der Waals surface area contributed by atoms with Gasteiger partial charge in [-0.1, -0.05) is 42.5 Å². The second-order valence-electron chi connectivity index (χ2n) is 7.34. The van der Waals surface area contributed by atoms with E-state index in [1.807, 2.05) is 30.3 Å². The highest BCUT2D eigenvalue weighted by Crippen LogP contribution is 2.46. The number of rotatable bonds is 6. The summed E-state index contributed by atoms with van der Waals surface area (Å²) < 4.78 is 13.3. The fourth-order valence-corrected chi connectivity index (χ4v) is 3.94. The molecule has 0 spiro atoms. The number of amides is 1. The summed E-state index contributed by atoms with van der Waals surface area (Å²) in [4.78, 5) is 14.6. The Morgan fingerprint density at radius 2 is 1.59 bits per heavy atom. The van der Waals surface area contributed by atoms with Crippen LogP contribution in [0.15, 0.2) is 78.9 Å². The molecule has 0 bridgehead atoms. The fraction of sp³-hybridized carbons (Fsp3) is 0.208. The highest BCUT2D eigenvalue weighted by Gasteiger charge is 2.52. The Balaban J connectivity index is 1.59. The van der Waals surface area contributed by atoms with Crippen LogP contribution in [0, 0.1) is 11.7 Å². The van der Waals surface area contributed by atoms with Gasteiger partial charge in [-0.25, -0.2) is 4.39 Å². The molecule has 3 aromatic rings. The van der Waals surface area contributed by atoms with E-state index in [1.54, 1.807) is 41.3 Å². The summed E-state index contributed by atoms with van der Waals surface area (Å²) in [6.07, 6.45) is 0.329. The van der Waals surface area contributed by atoms with Crippen molar-refractivity contribution in [1.82, 2.24) is 0 Å². The van der Waals surface area contributed by atoms with Crippen LogP contribution in [0.5, 0.6) is 5.75 Å². The van der Waals surface area contributed by atoms with E-state index in [-0.39, 0.29) is 23.5 Å². The minimum atomic E-state index is -0.807. The number of aryl methyl sites for hydroxylation is 1. The second kappa shape index (κ2) is 8.05. The molecule has 1 unspecified atom stereocenters. The Morgan fingerprint density at radius 1 is 0.931 bits per heavy atom. The van der Waals surface area contributed by atoms with Gasteiger partial charge in [0, 0.05) is 5.69 Å². The number of hydrogen-bond acceptors (Lipinski definition) is 3. The lowest BCUT2D eigenvalue weighted by molar-refractivity contribution is -0.136. The lowest BCUT2D eigenvalue weighted by Gasteiger charge is -2.49. The highest BCUT2D eigenvalue weighted by molar-refractivity contribution is 6.03. The van der Waals surface area contributed by atoms with Crippen LogP contribution >= 0.6 is 0 Å². The smallest absolute Gasteiger partial charge is 0.235 e. The number of β-lactam (4-membered cyclic amide) rings is 1. The topological polar surface area (TPSA) is 60.8 Å². The van der Waals surface area contributed by atoms with Crippen molar-refractivity contribution in [3.63, 3.8) is 0 Å². The largest absolute Gasteiger partial charge is 0.508 e. The van der Waals surface area contributed by atoms with Crippen LogP contribution in [0.25, 0.3) is 0 Å². The first-order valence-electron chi connectivity index (χ1n) is 9.64. The van der Waals surface area contributed by atoms with Crippen molar-refractivity contribution >= 4 is 11.6 Å². The van der Waals surface area contributed by atoms with Gasteiger partial charge in [-0.15, -0.1) is 0 Å². The average Bonchev–Trinajstić information content (AvgIpc) is 2.73. The predicted molar refractivity (Wildman–Crippen MR) is 109 cm³/mol. The molecule has 0 radical (unpaired) electrons. The minimum Gasteiger partial charge on any atom is -0.508 e. The Hall–Kier alpha value is -3.18. The van der Waals surface area contributed by atoms with Crippen molar-refractivity contribution in [2.75, 3.05) is 4.90 Å². The Bertz CT molecular complexity index is 973. The molecular formula is C24H22FNO3. The summed E-state index contributed by atoms with van der Waals surface area (Å²) in [5.41, 5.74) is 2.51. The normalized spacial score (nSPS) is 19.7. The van der Waals surface area contributed by atoms with Crippen molar-refractivity contribution < 1.29 is 19.4 Å². The van der Waals surface area contributed by atoms with Crippen molar-refractivity contribution in [3.05, 3.63) is 95.8 Å². The second-order valence-corrected chi connectivity index (χ2v) is 7.34. The third kappa shape index (κ3) is 3.87. The van der Waals surface area contributed by atoms with Gasteiger partial charge >= 0.3 is 0 Å². The molecule has 0 saturated carbocycles. The number of carbonyl (C=O) groups excluding carboxylic acids is 1. The first kappa shape index (κ1) is 19.2. The molecule has 3 aromatic carbocycles. The molecule has 3 atom stereocenters. The number of hydrogen-bond donors (Lipinski definition) is 2. The number of carbonyl (C=O) groups is 1. The van der Waals surface area contributed by atoms with Gasteiger partial charge in [-0.05, 0) is 60.4 Å². The molecule has 2 N–H and O–H groups in total. The maximum Gasteiger partial charge on any atom is 0.235 e. The zero-order valence-corrected chi connectivity index (χ0v) is 15.8. The quantitative estimate of drug-likeness (QED) is 0.618. The van der Waals surface area contributed by atoms with Gasteiger partial charge in [0.15, 0.2) is 0 Å². The van der Waals surface area contributed by atoms with E-state index < -0.39 is 12.0 Å². The van der Waals surface area contributed by atoms with Gasteiger partial charge < -0.3 is 15.1 Å². The van der Waals surface area contributed by atoms with Crippen LogP contribution in [0.2, 0.25) is 0 Å². The molecule has 1 saturated heterocycles. The van der Waals surface area contributed by atoms with E-state index in [0.717, 1.165) is 11.1 Å². The van der Waals surface area contributed by atoms with Crippen LogP contribution in [0.4, 0.5) is 10.1 Å². The number of phenolic OH excluding ortho intramolecular Hbond substituents is 1. The van der Waals surface area contributed by atoms with Gasteiger partial charge in [0.2, 0.25) is 5.91 Å². The summed E-state index contributed by atoms with van der Waals surface area (Å²) in [7, 11) is 0. The first-order chi connectivity index (χ1) is 14.0. The number of aliphatic hydroxyl groups is 1. The lowest BCUT2D eigenvalue weighted by Crippen LogP contribution is -2.59. The zero-order chi connectivity index (χ0) is 20.4. The Kier molecular flexibility index (Phi) is 5.32. The molecule has 1 aliphatic heterocycles. The van der Waals surface area contributed by atoms with Gasteiger partial charge in [0.25, 0.3) is 0 Å². The average molecular weight is 391 g/mol. The number of halogens is 1. The molecule has 5 heteroatoms. The van der Waals surface area contributed by atoms with Crippen LogP contribution in [-0.4, -0.2) is 22.2 Å². The van der Waals surface area contributed by atoms with E-state index in [2.05, 4.69) is 0 Å². The number of anilines is 1. The number of phenols is 1.